The summed E-state index contributed by atoms with van der Waals surface area (Å²) in [6, 6.07) is 9.69. The summed E-state index contributed by atoms with van der Waals surface area (Å²) >= 11 is 0. The third-order valence-electron chi connectivity index (χ3n) is 3.80. The maximum atomic E-state index is 12.4. The van der Waals surface area contributed by atoms with Crippen LogP contribution in [-0.2, 0) is 4.74 Å². The summed E-state index contributed by atoms with van der Waals surface area (Å²) < 4.78 is 5.76. The highest BCUT2D eigenvalue weighted by atomic mass is 16.5. The van der Waals surface area contributed by atoms with Crippen molar-refractivity contribution >= 4 is 6.03 Å². The summed E-state index contributed by atoms with van der Waals surface area (Å²) in [5, 5.41) is 8.97. The minimum Gasteiger partial charge on any atom is -0.370 e. The summed E-state index contributed by atoms with van der Waals surface area (Å²) in [7, 11) is 1.81. The molecule has 1 atom stereocenters. The molecule has 2 amide bonds. The van der Waals surface area contributed by atoms with Gasteiger partial charge in [-0.2, -0.15) is 5.26 Å². The summed E-state index contributed by atoms with van der Waals surface area (Å²) in [6.07, 6.45) is -0.170. The summed E-state index contributed by atoms with van der Waals surface area (Å²) in [4.78, 5) is 15.9. The topological polar surface area (TPSA) is 56.6 Å². The van der Waals surface area contributed by atoms with E-state index in [-0.39, 0.29) is 18.2 Å². The highest BCUT2D eigenvalue weighted by Gasteiger charge is 2.28. The first kappa shape index (κ1) is 15.3. The maximum absolute atomic E-state index is 12.4. The quantitative estimate of drug-likeness (QED) is 0.839. The van der Waals surface area contributed by atoms with Crippen LogP contribution in [0.4, 0.5) is 4.79 Å². The number of nitrogens with zero attached hydrogens (tertiary/aromatic N) is 3. The van der Waals surface area contributed by atoms with E-state index in [9.17, 15) is 4.79 Å². The van der Waals surface area contributed by atoms with Crippen LogP contribution in [0.25, 0.3) is 0 Å². The predicted molar refractivity (Wildman–Crippen MR) is 79.7 cm³/mol. The van der Waals surface area contributed by atoms with Crippen molar-refractivity contribution < 1.29 is 9.53 Å². The lowest BCUT2D eigenvalue weighted by atomic mass is 10.1. The van der Waals surface area contributed by atoms with E-state index in [1.165, 1.54) is 0 Å². The van der Waals surface area contributed by atoms with Crippen molar-refractivity contribution in [2.45, 2.75) is 26.0 Å². The molecule has 0 saturated carbocycles. The Kier molecular flexibility index (Phi) is 4.81. The van der Waals surface area contributed by atoms with Crippen LogP contribution in [0.2, 0.25) is 0 Å². The molecule has 5 nitrogen and oxygen atoms in total. The third-order valence-corrected chi connectivity index (χ3v) is 3.80. The van der Waals surface area contributed by atoms with Crippen molar-refractivity contribution in [2.24, 2.45) is 0 Å². The fraction of sp³-hybridized carbons (Fsp3) is 0.500. The van der Waals surface area contributed by atoms with Gasteiger partial charge in [-0.15, -0.1) is 0 Å². The van der Waals surface area contributed by atoms with Crippen molar-refractivity contribution in [3.8, 4) is 6.07 Å². The van der Waals surface area contributed by atoms with E-state index in [1.54, 1.807) is 11.0 Å². The van der Waals surface area contributed by atoms with Gasteiger partial charge in [-0.25, -0.2) is 4.79 Å². The first-order valence-corrected chi connectivity index (χ1v) is 7.16. The lowest BCUT2D eigenvalue weighted by Gasteiger charge is -2.36. The summed E-state index contributed by atoms with van der Waals surface area (Å²) in [5.74, 6) is 0. The number of hydrogen-bond acceptors (Lipinski definition) is 3. The van der Waals surface area contributed by atoms with E-state index >= 15 is 0 Å². The lowest BCUT2D eigenvalue weighted by molar-refractivity contribution is -0.0206. The second-order valence-corrected chi connectivity index (χ2v) is 5.53. The molecule has 0 radical (unpaired) electrons. The molecule has 21 heavy (non-hydrogen) atoms. The molecule has 1 aliphatic rings. The minimum atomic E-state index is -0.170. The van der Waals surface area contributed by atoms with Gasteiger partial charge in [-0.3, -0.25) is 0 Å². The third kappa shape index (κ3) is 3.53. The van der Waals surface area contributed by atoms with E-state index < -0.39 is 0 Å². The minimum absolute atomic E-state index is 0.0229. The van der Waals surface area contributed by atoms with Crippen LogP contribution in [0.15, 0.2) is 24.3 Å². The average molecular weight is 287 g/mol. The number of nitriles is 1. The van der Waals surface area contributed by atoms with Crippen molar-refractivity contribution in [2.75, 3.05) is 26.7 Å². The maximum Gasteiger partial charge on any atom is 0.320 e. The normalized spacial score (nSPS) is 18.4. The van der Waals surface area contributed by atoms with Gasteiger partial charge in [-0.05, 0) is 31.5 Å². The molecule has 2 rings (SSSR count). The number of carbonyl (C=O) groups excluding carboxylic acids is 1. The Balaban J connectivity index is 2.10. The van der Waals surface area contributed by atoms with Crippen LogP contribution in [0.5, 0.6) is 0 Å². The smallest absolute Gasteiger partial charge is 0.320 e. The van der Waals surface area contributed by atoms with Gasteiger partial charge in [0.25, 0.3) is 0 Å². The van der Waals surface area contributed by atoms with E-state index in [2.05, 4.69) is 6.07 Å². The molecule has 0 unspecified atom stereocenters. The summed E-state index contributed by atoms with van der Waals surface area (Å²) in [5.41, 5.74) is 1.55. The Morgan fingerprint density at radius 3 is 2.95 bits per heavy atom. The number of urea groups is 1. The van der Waals surface area contributed by atoms with Crippen LogP contribution in [-0.4, -0.2) is 48.6 Å². The zero-order chi connectivity index (χ0) is 15.4. The zero-order valence-electron chi connectivity index (χ0n) is 12.7. The second-order valence-electron chi connectivity index (χ2n) is 5.53. The van der Waals surface area contributed by atoms with Crippen molar-refractivity contribution in [3.05, 3.63) is 35.4 Å². The van der Waals surface area contributed by atoms with E-state index in [0.29, 0.717) is 25.3 Å². The molecule has 1 fully saturated rings. The molecule has 1 aliphatic heterocycles. The van der Waals surface area contributed by atoms with Crippen molar-refractivity contribution in [1.82, 2.24) is 9.80 Å². The van der Waals surface area contributed by atoms with Gasteiger partial charge in [0.1, 0.15) is 6.10 Å². The molecule has 0 aliphatic carbocycles. The molecule has 1 heterocycles. The highest BCUT2D eigenvalue weighted by Crippen LogP contribution is 2.23. The molecular formula is C16H21N3O2. The summed E-state index contributed by atoms with van der Waals surface area (Å²) in [6.45, 7) is 5.62. The van der Waals surface area contributed by atoms with Crippen LogP contribution in [0.1, 0.15) is 31.1 Å². The van der Waals surface area contributed by atoms with Gasteiger partial charge in [0, 0.05) is 19.6 Å². The zero-order valence-corrected chi connectivity index (χ0v) is 12.7. The van der Waals surface area contributed by atoms with Crippen LogP contribution in [0, 0.1) is 11.3 Å². The monoisotopic (exact) mass is 287 g/mol. The van der Waals surface area contributed by atoms with E-state index in [4.69, 9.17) is 10.00 Å². The molecular weight excluding hydrogens is 266 g/mol. The van der Waals surface area contributed by atoms with Gasteiger partial charge in [-0.1, -0.05) is 12.1 Å². The van der Waals surface area contributed by atoms with Crippen molar-refractivity contribution in [3.63, 3.8) is 0 Å². The van der Waals surface area contributed by atoms with Crippen molar-refractivity contribution in [1.29, 1.82) is 5.26 Å². The van der Waals surface area contributed by atoms with Crippen LogP contribution in [0.3, 0.4) is 0 Å². The predicted octanol–water partition coefficient (Wildman–Crippen LogP) is 2.39. The molecule has 0 aromatic heterocycles. The number of amides is 2. The van der Waals surface area contributed by atoms with Gasteiger partial charge >= 0.3 is 6.03 Å². The molecule has 0 bridgehead atoms. The number of morpholine rings is 1. The Morgan fingerprint density at radius 1 is 1.52 bits per heavy atom. The fourth-order valence-corrected chi connectivity index (χ4v) is 2.28. The SMILES string of the molecule is CC(C)N(C)C(=O)N1CCO[C@H](c2cccc(C#N)c2)C1. The molecule has 1 saturated heterocycles. The van der Waals surface area contributed by atoms with E-state index in [0.717, 1.165) is 5.56 Å². The van der Waals surface area contributed by atoms with Crippen LogP contribution < -0.4 is 0 Å². The van der Waals surface area contributed by atoms with E-state index in [1.807, 2.05) is 44.0 Å². The highest BCUT2D eigenvalue weighted by molar-refractivity contribution is 5.74. The van der Waals surface area contributed by atoms with Gasteiger partial charge < -0.3 is 14.5 Å². The molecule has 5 heteroatoms. The molecule has 0 spiro atoms. The number of benzene rings is 1. The van der Waals surface area contributed by atoms with Crippen LogP contribution >= 0.6 is 0 Å². The van der Waals surface area contributed by atoms with Gasteiger partial charge in [0.15, 0.2) is 0 Å². The van der Waals surface area contributed by atoms with Gasteiger partial charge in [0.2, 0.25) is 0 Å². The molecule has 0 N–H and O–H groups in total. The first-order chi connectivity index (χ1) is 10.0. The first-order valence-electron chi connectivity index (χ1n) is 7.16. The standard InChI is InChI=1S/C16H21N3O2/c1-12(2)18(3)16(20)19-7-8-21-15(11-19)14-6-4-5-13(9-14)10-17/h4-6,9,12,15H,7-8,11H2,1-3H3/t15-/m0/s1. The largest absolute Gasteiger partial charge is 0.370 e. The molecule has 112 valence electrons. The fourth-order valence-electron chi connectivity index (χ4n) is 2.28. The van der Waals surface area contributed by atoms with Gasteiger partial charge in [0.05, 0.1) is 24.8 Å². The Bertz CT molecular complexity index is 551. The number of carbonyl (C=O) groups is 1. The molecule has 1 aromatic rings. The number of hydrogen-bond donors (Lipinski definition) is 0. The number of rotatable bonds is 2. The second kappa shape index (κ2) is 6.59. The Morgan fingerprint density at radius 2 is 2.29 bits per heavy atom. The molecule has 1 aromatic carbocycles. The Labute approximate surface area is 125 Å². The average Bonchev–Trinajstić information content (AvgIpc) is 2.53. The lowest BCUT2D eigenvalue weighted by Crippen LogP contribution is -2.49. The Hall–Kier alpha value is -2.06. The number of ether oxygens (including phenoxy) is 1.